The summed E-state index contributed by atoms with van der Waals surface area (Å²) < 4.78 is 5.30. The molecule has 3 rings (SSSR count). The second kappa shape index (κ2) is 4.57. The lowest BCUT2D eigenvalue weighted by molar-refractivity contribution is 0.432. The molecule has 0 atom stereocenters. The first kappa shape index (κ1) is 11.5. The fraction of sp³-hybridized carbons (Fsp3) is 0.0667. The minimum absolute atomic E-state index is 0.502. The summed E-state index contributed by atoms with van der Waals surface area (Å²) in [6.07, 6.45) is 0. The number of nitrogens with zero attached hydrogens (tertiary/aromatic N) is 2. The number of benzene rings is 2. The van der Waals surface area contributed by atoms with E-state index in [2.05, 4.69) is 10.1 Å². The predicted octanol–water partition coefficient (Wildman–Crippen LogP) is 3.29. The predicted molar refractivity (Wildman–Crippen MR) is 74.3 cm³/mol. The van der Waals surface area contributed by atoms with Crippen LogP contribution < -0.4 is 5.73 Å². The number of hydrogen-bond donors (Lipinski definition) is 1. The summed E-state index contributed by atoms with van der Waals surface area (Å²) in [5.74, 6) is 1.09. The van der Waals surface area contributed by atoms with Crippen molar-refractivity contribution in [2.24, 2.45) is 0 Å². The third-order valence-electron chi connectivity index (χ3n) is 2.97. The molecule has 19 heavy (non-hydrogen) atoms. The lowest BCUT2D eigenvalue weighted by Gasteiger charge is -2.00. The first-order chi connectivity index (χ1) is 9.24. The third-order valence-corrected chi connectivity index (χ3v) is 2.97. The first-order valence-corrected chi connectivity index (χ1v) is 5.99. The molecule has 0 aliphatic carbocycles. The highest BCUT2D eigenvalue weighted by atomic mass is 16.5. The summed E-state index contributed by atoms with van der Waals surface area (Å²) in [6, 6.07) is 15.4. The van der Waals surface area contributed by atoms with E-state index in [-0.39, 0.29) is 0 Å². The van der Waals surface area contributed by atoms with Crippen LogP contribution in [-0.4, -0.2) is 10.1 Å². The molecule has 0 aliphatic rings. The van der Waals surface area contributed by atoms with Crippen molar-refractivity contribution in [3.63, 3.8) is 0 Å². The summed E-state index contributed by atoms with van der Waals surface area (Å²) in [7, 11) is 0. The van der Waals surface area contributed by atoms with Crippen LogP contribution in [0.2, 0.25) is 0 Å². The topological polar surface area (TPSA) is 64.9 Å². The van der Waals surface area contributed by atoms with Gasteiger partial charge in [0.2, 0.25) is 5.82 Å². The molecule has 0 bridgehead atoms. The zero-order chi connectivity index (χ0) is 13.2. The van der Waals surface area contributed by atoms with Gasteiger partial charge in [-0.15, -0.1) is 0 Å². The van der Waals surface area contributed by atoms with Gasteiger partial charge in [0.1, 0.15) is 0 Å². The number of nitrogens with two attached hydrogens (primary N) is 1. The van der Waals surface area contributed by atoms with Crippen LogP contribution in [0.15, 0.2) is 53.1 Å². The van der Waals surface area contributed by atoms with E-state index in [9.17, 15) is 0 Å². The molecule has 4 heteroatoms. The van der Waals surface area contributed by atoms with Crippen LogP contribution in [-0.2, 0) is 0 Å². The summed E-state index contributed by atoms with van der Waals surface area (Å²) in [4.78, 5) is 4.40. The molecular weight excluding hydrogens is 238 g/mol. The Morgan fingerprint density at radius 3 is 2.53 bits per heavy atom. The Morgan fingerprint density at radius 2 is 1.79 bits per heavy atom. The maximum absolute atomic E-state index is 5.80. The van der Waals surface area contributed by atoms with E-state index in [4.69, 9.17) is 10.3 Å². The summed E-state index contributed by atoms with van der Waals surface area (Å²) in [6.45, 7) is 1.95. The Morgan fingerprint density at radius 1 is 1.00 bits per heavy atom. The highest BCUT2D eigenvalue weighted by molar-refractivity contribution is 5.63. The van der Waals surface area contributed by atoms with Crippen molar-refractivity contribution in [1.82, 2.24) is 10.1 Å². The maximum Gasteiger partial charge on any atom is 0.258 e. The van der Waals surface area contributed by atoms with Crippen molar-refractivity contribution in [2.75, 3.05) is 5.73 Å². The minimum atomic E-state index is 0.502. The Kier molecular flexibility index (Phi) is 2.76. The van der Waals surface area contributed by atoms with Crippen LogP contribution >= 0.6 is 0 Å². The van der Waals surface area contributed by atoms with Crippen molar-refractivity contribution in [3.05, 3.63) is 54.1 Å². The van der Waals surface area contributed by atoms with E-state index in [0.717, 1.165) is 22.4 Å². The van der Waals surface area contributed by atoms with Crippen LogP contribution in [0.25, 0.3) is 22.8 Å². The Balaban J connectivity index is 1.99. The van der Waals surface area contributed by atoms with Crippen LogP contribution in [0.3, 0.4) is 0 Å². The lowest BCUT2D eigenvalue weighted by atomic mass is 10.1. The quantitative estimate of drug-likeness (QED) is 0.710. The van der Waals surface area contributed by atoms with Gasteiger partial charge in [0, 0.05) is 16.8 Å². The second-order valence-electron chi connectivity index (χ2n) is 4.36. The lowest BCUT2D eigenvalue weighted by Crippen LogP contribution is -1.89. The third kappa shape index (κ3) is 2.20. The van der Waals surface area contributed by atoms with E-state index in [1.54, 1.807) is 0 Å². The molecule has 0 spiro atoms. The van der Waals surface area contributed by atoms with Crippen molar-refractivity contribution >= 4 is 5.69 Å². The molecule has 0 unspecified atom stereocenters. The van der Waals surface area contributed by atoms with Gasteiger partial charge in [-0.1, -0.05) is 35.5 Å². The van der Waals surface area contributed by atoms with Crippen molar-refractivity contribution in [2.45, 2.75) is 6.92 Å². The number of aromatic nitrogens is 2. The molecule has 1 heterocycles. The SMILES string of the molecule is Cc1cc(-c2nc(-c3ccccc3)no2)ccc1N. The molecule has 1 aromatic heterocycles. The zero-order valence-corrected chi connectivity index (χ0v) is 10.5. The van der Waals surface area contributed by atoms with Crippen LogP contribution in [0.1, 0.15) is 5.56 Å². The van der Waals surface area contributed by atoms with E-state index in [0.29, 0.717) is 11.7 Å². The molecule has 0 saturated heterocycles. The second-order valence-corrected chi connectivity index (χ2v) is 4.36. The van der Waals surface area contributed by atoms with Crippen LogP contribution in [0, 0.1) is 6.92 Å². The molecule has 2 aromatic carbocycles. The molecule has 94 valence electrons. The Labute approximate surface area is 110 Å². The summed E-state index contributed by atoms with van der Waals surface area (Å²) in [5, 5.41) is 4.00. The molecule has 0 amide bonds. The van der Waals surface area contributed by atoms with Crippen molar-refractivity contribution < 1.29 is 4.52 Å². The monoisotopic (exact) mass is 251 g/mol. The zero-order valence-electron chi connectivity index (χ0n) is 10.5. The van der Waals surface area contributed by atoms with Crippen LogP contribution in [0.5, 0.6) is 0 Å². The van der Waals surface area contributed by atoms with E-state index in [1.165, 1.54) is 0 Å². The number of hydrogen-bond acceptors (Lipinski definition) is 4. The smallest absolute Gasteiger partial charge is 0.258 e. The molecule has 2 N–H and O–H groups in total. The Bertz CT molecular complexity index is 704. The molecule has 3 aromatic rings. The fourth-order valence-electron chi connectivity index (χ4n) is 1.85. The molecule has 4 nitrogen and oxygen atoms in total. The average molecular weight is 251 g/mol. The number of nitrogen functional groups attached to an aromatic ring is 1. The van der Waals surface area contributed by atoms with Gasteiger partial charge in [-0.3, -0.25) is 0 Å². The van der Waals surface area contributed by atoms with Gasteiger partial charge in [-0.25, -0.2) is 0 Å². The molecule has 0 radical (unpaired) electrons. The highest BCUT2D eigenvalue weighted by Crippen LogP contribution is 2.24. The van der Waals surface area contributed by atoms with Gasteiger partial charge < -0.3 is 10.3 Å². The van der Waals surface area contributed by atoms with Crippen LogP contribution in [0.4, 0.5) is 5.69 Å². The van der Waals surface area contributed by atoms with Gasteiger partial charge in [-0.2, -0.15) is 4.98 Å². The largest absolute Gasteiger partial charge is 0.399 e. The standard InChI is InChI=1S/C15H13N3O/c1-10-9-12(7-8-13(10)16)15-17-14(18-19-15)11-5-3-2-4-6-11/h2-9H,16H2,1H3. The molecule has 0 saturated carbocycles. The van der Waals surface area contributed by atoms with Gasteiger partial charge >= 0.3 is 0 Å². The summed E-state index contributed by atoms with van der Waals surface area (Å²) in [5.41, 5.74) is 9.36. The van der Waals surface area contributed by atoms with Gasteiger partial charge in [0.15, 0.2) is 0 Å². The fourth-order valence-corrected chi connectivity index (χ4v) is 1.85. The number of aryl methyl sites for hydroxylation is 1. The Hall–Kier alpha value is -2.62. The maximum atomic E-state index is 5.80. The first-order valence-electron chi connectivity index (χ1n) is 5.99. The van der Waals surface area contributed by atoms with Gasteiger partial charge in [-0.05, 0) is 30.7 Å². The van der Waals surface area contributed by atoms with Crippen molar-refractivity contribution in [1.29, 1.82) is 0 Å². The van der Waals surface area contributed by atoms with Gasteiger partial charge in [0.05, 0.1) is 0 Å². The number of rotatable bonds is 2. The van der Waals surface area contributed by atoms with E-state index in [1.807, 2.05) is 55.5 Å². The molecular formula is C15H13N3O. The summed E-state index contributed by atoms with van der Waals surface area (Å²) >= 11 is 0. The average Bonchev–Trinajstić information content (AvgIpc) is 2.93. The number of anilines is 1. The minimum Gasteiger partial charge on any atom is -0.399 e. The van der Waals surface area contributed by atoms with Gasteiger partial charge in [0.25, 0.3) is 5.89 Å². The highest BCUT2D eigenvalue weighted by Gasteiger charge is 2.10. The van der Waals surface area contributed by atoms with Crippen molar-refractivity contribution in [3.8, 4) is 22.8 Å². The van der Waals surface area contributed by atoms with E-state index >= 15 is 0 Å². The van der Waals surface area contributed by atoms with E-state index < -0.39 is 0 Å². The normalized spacial score (nSPS) is 10.6. The molecule has 0 fully saturated rings. The molecule has 0 aliphatic heterocycles.